The molecule has 0 bridgehead atoms. The van der Waals surface area contributed by atoms with E-state index in [1.165, 1.54) is 0 Å². The number of nitrogens with zero attached hydrogens (tertiary/aromatic N) is 5. The highest BCUT2D eigenvalue weighted by Crippen LogP contribution is 2.12. The van der Waals surface area contributed by atoms with E-state index in [4.69, 9.17) is 14.5 Å². The predicted octanol–water partition coefficient (Wildman–Crippen LogP) is 3.62. The molecule has 0 aliphatic carbocycles. The monoisotopic (exact) mass is 564 g/mol. The molecule has 0 fully saturated rings. The van der Waals surface area contributed by atoms with E-state index in [0.717, 1.165) is 48.4 Å². The van der Waals surface area contributed by atoms with Crippen molar-refractivity contribution >= 4 is 29.9 Å². The zero-order valence-electron chi connectivity index (χ0n) is 19.5. The van der Waals surface area contributed by atoms with Crippen molar-refractivity contribution in [2.24, 2.45) is 4.99 Å². The normalized spacial score (nSPS) is 10.9. The van der Waals surface area contributed by atoms with Crippen LogP contribution in [-0.4, -0.2) is 59.5 Å². The van der Waals surface area contributed by atoms with E-state index >= 15 is 0 Å². The van der Waals surface area contributed by atoms with E-state index in [-0.39, 0.29) is 24.0 Å². The summed E-state index contributed by atoms with van der Waals surface area (Å²) in [6, 6.07) is 17.8. The van der Waals surface area contributed by atoms with E-state index in [1.54, 1.807) is 13.4 Å². The van der Waals surface area contributed by atoms with E-state index in [1.807, 2.05) is 61.6 Å². The Morgan fingerprint density at radius 1 is 1.09 bits per heavy atom. The summed E-state index contributed by atoms with van der Waals surface area (Å²) in [5.41, 5.74) is 1.12. The van der Waals surface area contributed by atoms with Crippen LogP contribution in [0.5, 0.6) is 11.5 Å². The number of guanidine groups is 1. The Morgan fingerprint density at radius 3 is 2.55 bits per heavy atom. The molecular weight excluding hydrogens is 531 g/mol. The van der Waals surface area contributed by atoms with Gasteiger partial charge in [0.25, 0.3) is 0 Å². The van der Waals surface area contributed by atoms with Gasteiger partial charge in [-0.2, -0.15) is 0 Å². The van der Waals surface area contributed by atoms with Gasteiger partial charge in [-0.3, -0.25) is 0 Å². The molecule has 178 valence electrons. The molecule has 0 aliphatic rings. The zero-order valence-corrected chi connectivity index (χ0v) is 21.8. The molecule has 0 saturated carbocycles. The van der Waals surface area contributed by atoms with Crippen molar-refractivity contribution in [1.29, 1.82) is 0 Å². The maximum absolute atomic E-state index is 5.85. The number of aromatic nitrogens is 3. The van der Waals surface area contributed by atoms with Gasteiger partial charge in [0.15, 0.2) is 5.96 Å². The minimum Gasteiger partial charge on any atom is -0.497 e. The first-order chi connectivity index (χ1) is 15.7. The highest BCUT2D eigenvalue weighted by atomic mass is 127. The molecule has 0 unspecified atom stereocenters. The lowest BCUT2D eigenvalue weighted by Gasteiger charge is -2.23. The topological polar surface area (TPSA) is 76.8 Å². The molecule has 33 heavy (non-hydrogen) atoms. The van der Waals surface area contributed by atoms with Crippen LogP contribution in [0.3, 0.4) is 0 Å². The summed E-state index contributed by atoms with van der Waals surface area (Å²) < 4.78 is 13.2. The van der Waals surface area contributed by atoms with Crippen LogP contribution in [0, 0.1) is 0 Å². The van der Waals surface area contributed by atoms with E-state index < -0.39 is 0 Å². The Hall–Kier alpha value is -2.82. The molecular formula is C24H33IN6O2. The smallest absolute Gasteiger partial charge is 0.194 e. The third-order valence-electron chi connectivity index (χ3n) is 5.02. The van der Waals surface area contributed by atoms with Gasteiger partial charge in [-0.1, -0.05) is 37.3 Å². The van der Waals surface area contributed by atoms with Crippen LogP contribution in [0.25, 0.3) is 0 Å². The van der Waals surface area contributed by atoms with Crippen molar-refractivity contribution in [1.82, 2.24) is 25.0 Å². The van der Waals surface area contributed by atoms with Gasteiger partial charge in [0.2, 0.25) is 0 Å². The van der Waals surface area contributed by atoms with Crippen LogP contribution in [0.1, 0.15) is 18.3 Å². The van der Waals surface area contributed by atoms with Gasteiger partial charge < -0.3 is 24.3 Å². The molecule has 0 spiro atoms. The summed E-state index contributed by atoms with van der Waals surface area (Å²) in [4.78, 5) is 6.91. The van der Waals surface area contributed by atoms with Crippen molar-refractivity contribution < 1.29 is 9.47 Å². The van der Waals surface area contributed by atoms with E-state index in [9.17, 15) is 0 Å². The summed E-state index contributed by atoms with van der Waals surface area (Å²) in [6.07, 6.45) is 2.63. The van der Waals surface area contributed by atoms with Crippen molar-refractivity contribution in [3.05, 3.63) is 72.3 Å². The first-order valence-corrected chi connectivity index (χ1v) is 10.9. The van der Waals surface area contributed by atoms with Crippen LogP contribution in [0.4, 0.5) is 0 Å². The molecule has 0 radical (unpaired) electrons. The number of hydrogen-bond acceptors (Lipinski definition) is 5. The summed E-state index contributed by atoms with van der Waals surface area (Å²) in [6.45, 7) is 5.41. The first kappa shape index (κ1) is 26.4. The molecule has 1 aromatic heterocycles. The number of rotatable bonds is 11. The molecule has 3 aromatic rings. The quantitative estimate of drug-likeness (QED) is 0.218. The summed E-state index contributed by atoms with van der Waals surface area (Å²) in [7, 11) is 3.69. The molecule has 0 amide bonds. The summed E-state index contributed by atoms with van der Waals surface area (Å²) in [5, 5.41) is 11.6. The second kappa shape index (κ2) is 14.4. The minimum absolute atomic E-state index is 0. The molecule has 2 aromatic carbocycles. The fraction of sp³-hybridized carbons (Fsp3) is 0.375. The molecule has 3 rings (SSSR count). The maximum atomic E-state index is 5.85. The largest absolute Gasteiger partial charge is 0.497 e. The van der Waals surface area contributed by atoms with Gasteiger partial charge in [0.05, 0.1) is 20.2 Å². The number of halogens is 1. The first-order valence-electron chi connectivity index (χ1n) is 10.9. The van der Waals surface area contributed by atoms with Crippen molar-refractivity contribution in [3.8, 4) is 11.5 Å². The highest BCUT2D eigenvalue weighted by Gasteiger charge is 2.08. The Morgan fingerprint density at radius 2 is 1.85 bits per heavy atom. The van der Waals surface area contributed by atoms with Crippen molar-refractivity contribution in [2.45, 2.75) is 26.4 Å². The van der Waals surface area contributed by atoms with Gasteiger partial charge in [-0.15, -0.1) is 34.2 Å². The lowest BCUT2D eigenvalue weighted by molar-refractivity contribution is 0.281. The van der Waals surface area contributed by atoms with Crippen LogP contribution < -0.4 is 14.8 Å². The number of ether oxygens (including phenoxy) is 2. The SMILES string of the molecule is CCc1nncn1CCNC(=NCc1ccc(OC)cc1)N(C)CCOc1ccccc1.I. The standard InChI is InChI=1S/C24H32N6O2.HI/c1-4-23-28-27-19-30(23)15-14-25-24(26-18-20-10-12-21(31-3)13-11-20)29(2)16-17-32-22-8-6-5-7-9-22;/h5-13,19H,4,14-18H2,1-3H3,(H,25,26);1H. The molecule has 9 heteroatoms. The molecule has 0 aliphatic heterocycles. The minimum atomic E-state index is 0. The number of likely N-dealkylation sites (N-methyl/N-ethyl adjacent to an activating group) is 1. The predicted molar refractivity (Wildman–Crippen MR) is 142 cm³/mol. The van der Waals surface area contributed by atoms with Gasteiger partial charge in [0, 0.05) is 26.6 Å². The Kier molecular flexibility index (Phi) is 11.5. The third-order valence-corrected chi connectivity index (χ3v) is 5.02. The van der Waals surface area contributed by atoms with Crippen LogP contribution in [-0.2, 0) is 19.5 Å². The number of methoxy groups -OCH3 is 1. The number of hydrogen-bond donors (Lipinski definition) is 1. The van der Waals surface area contributed by atoms with E-state index in [2.05, 4.69) is 31.9 Å². The van der Waals surface area contributed by atoms with Crippen molar-refractivity contribution in [2.75, 3.05) is 33.9 Å². The van der Waals surface area contributed by atoms with Crippen LogP contribution in [0.2, 0.25) is 0 Å². The lowest BCUT2D eigenvalue weighted by Crippen LogP contribution is -2.42. The number of benzene rings is 2. The number of aryl methyl sites for hydroxylation is 1. The van der Waals surface area contributed by atoms with Crippen LogP contribution in [0.15, 0.2) is 65.9 Å². The summed E-state index contributed by atoms with van der Waals surface area (Å²) >= 11 is 0. The van der Waals surface area contributed by atoms with Gasteiger partial charge >= 0.3 is 0 Å². The lowest BCUT2D eigenvalue weighted by atomic mass is 10.2. The molecule has 0 atom stereocenters. The second-order valence-electron chi connectivity index (χ2n) is 7.29. The average Bonchev–Trinajstić information content (AvgIpc) is 3.29. The fourth-order valence-corrected chi connectivity index (χ4v) is 3.16. The van der Waals surface area contributed by atoms with Gasteiger partial charge in [-0.05, 0) is 29.8 Å². The van der Waals surface area contributed by atoms with Crippen molar-refractivity contribution in [3.63, 3.8) is 0 Å². The molecule has 0 saturated heterocycles. The second-order valence-corrected chi connectivity index (χ2v) is 7.29. The number of nitrogens with one attached hydrogen (secondary N) is 1. The average molecular weight is 564 g/mol. The third kappa shape index (κ3) is 8.56. The summed E-state index contributed by atoms with van der Waals surface area (Å²) in [5.74, 6) is 3.51. The maximum Gasteiger partial charge on any atom is 0.194 e. The molecule has 1 heterocycles. The molecule has 8 nitrogen and oxygen atoms in total. The molecule has 1 N–H and O–H groups in total. The van der Waals surface area contributed by atoms with Gasteiger partial charge in [0.1, 0.15) is 30.3 Å². The highest BCUT2D eigenvalue weighted by molar-refractivity contribution is 14.0. The van der Waals surface area contributed by atoms with E-state index in [0.29, 0.717) is 19.7 Å². The zero-order chi connectivity index (χ0) is 22.6. The Balaban J connectivity index is 0.00000385. The number of para-hydroxylation sites is 1. The van der Waals surface area contributed by atoms with Gasteiger partial charge in [-0.25, -0.2) is 4.99 Å². The fourth-order valence-electron chi connectivity index (χ4n) is 3.16. The Labute approximate surface area is 213 Å². The number of aliphatic imine (C=N–C) groups is 1. The Bertz CT molecular complexity index is 963. The van der Waals surface area contributed by atoms with Crippen LogP contribution >= 0.6 is 24.0 Å².